The minimum absolute atomic E-state index is 0. The third-order valence-electron chi connectivity index (χ3n) is 0. The molecule has 0 unspecified atom stereocenters. The van der Waals surface area contributed by atoms with Gasteiger partial charge in [-0.2, -0.15) is 0 Å². The Kier molecular flexibility index (Phi) is 42.4. The molecule has 0 aliphatic heterocycles. The van der Waals surface area contributed by atoms with E-state index in [9.17, 15) is 0 Å². The fraction of sp³-hybridized carbons (Fsp3) is 0.571. The van der Waals surface area contributed by atoms with Gasteiger partial charge in [0.2, 0.25) is 0 Å². The molecule has 0 aromatic heterocycles. The van der Waals surface area contributed by atoms with Gasteiger partial charge in [0, 0.05) is 25.8 Å². The maximum Gasteiger partial charge on any atom is 0.0563 e. The van der Waals surface area contributed by atoms with E-state index in [0.29, 0.717) is 0 Å². The largest absolute Gasteiger partial charge is 0.391 e. The summed E-state index contributed by atoms with van der Waals surface area (Å²) in [5.74, 6) is 0. The van der Waals surface area contributed by atoms with Crippen molar-refractivity contribution in [1.82, 2.24) is 0 Å². The summed E-state index contributed by atoms with van der Waals surface area (Å²) in [6.45, 7) is 5.23. The van der Waals surface area contributed by atoms with E-state index in [1.54, 1.807) is 20.8 Å². The quantitative estimate of drug-likeness (QED) is 0.536. The van der Waals surface area contributed by atoms with Crippen LogP contribution in [0.1, 0.15) is 20.8 Å². The molecule has 0 bridgehead atoms. The standard InChI is InChI=1S/C4H10O.3CH3.Hf/c1-4(2,3)5;;;;/h5H,1-3H3;3*1H3;/q;3*-1;. The molecule has 0 saturated heterocycles. The van der Waals surface area contributed by atoms with E-state index >= 15 is 0 Å². The maximum atomic E-state index is 8.52. The molecule has 0 aliphatic carbocycles. The molecular weight excluding hydrogens is 279 g/mol. The number of rotatable bonds is 0. The van der Waals surface area contributed by atoms with E-state index in [1.807, 2.05) is 0 Å². The molecule has 0 aromatic carbocycles. The molecular formula is C7H19HfO-3. The van der Waals surface area contributed by atoms with Crippen molar-refractivity contribution in [3.8, 4) is 0 Å². The smallest absolute Gasteiger partial charge is 0.0563 e. The molecule has 0 saturated carbocycles. The normalized spacial score (nSPS) is 6.67. The molecule has 0 spiro atoms. The van der Waals surface area contributed by atoms with E-state index in [2.05, 4.69) is 0 Å². The molecule has 0 aliphatic rings. The van der Waals surface area contributed by atoms with Crippen LogP contribution in [0.15, 0.2) is 0 Å². The van der Waals surface area contributed by atoms with Crippen molar-refractivity contribution in [3.05, 3.63) is 22.3 Å². The molecule has 0 radical (unpaired) electrons. The van der Waals surface area contributed by atoms with Crippen LogP contribution in [0.5, 0.6) is 0 Å². The molecule has 1 nitrogen and oxygen atoms in total. The fourth-order valence-corrected chi connectivity index (χ4v) is 0. The summed E-state index contributed by atoms with van der Waals surface area (Å²) in [4.78, 5) is 0. The van der Waals surface area contributed by atoms with Crippen LogP contribution in [0.2, 0.25) is 0 Å². The zero-order valence-corrected chi connectivity index (χ0v) is 11.0. The Morgan fingerprint density at radius 2 is 0.889 bits per heavy atom. The van der Waals surface area contributed by atoms with Gasteiger partial charge in [0.05, 0.1) is 5.60 Å². The third-order valence-corrected chi connectivity index (χ3v) is 0. The van der Waals surface area contributed by atoms with E-state index in [-0.39, 0.29) is 48.1 Å². The van der Waals surface area contributed by atoms with Gasteiger partial charge in [0.25, 0.3) is 0 Å². The molecule has 9 heavy (non-hydrogen) atoms. The molecule has 60 valence electrons. The van der Waals surface area contributed by atoms with Crippen LogP contribution < -0.4 is 0 Å². The van der Waals surface area contributed by atoms with Gasteiger partial charge in [-0.25, -0.2) is 0 Å². The van der Waals surface area contributed by atoms with E-state index < -0.39 is 5.60 Å². The van der Waals surface area contributed by atoms with Crippen LogP contribution in [-0.2, 0) is 25.8 Å². The molecule has 0 rings (SSSR count). The van der Waals surface area contributed by atoms with Crippen molar-refractivity contribution in [2.75, 3.05) is 0 Å². The average molecular weight is 298 g/mol. The second-order valence-corrected chi connectivity index (χ2v) is 2.17. The van der Waals surface area contributed by atoms with Crippen molar-refractivity contribution in [1.29, 1.82) is 0 Å². The van der Waals surface area contributed by atoms with Crippen LogP contribution in [0.4, 0.5) is 0 Å². The second-order valence-electron chi connectivity index (χ2n) is 2.17. The first kappa shape index (κ1) is 32.9. The van der Waals surface area contributed by atoms with Crippen LogP contribution in [0.3, 0.4) is 0 Å². The Bertz CT molecular complexity index is 24.4. The molecule has 0 heterocycles. The number of aliphatic hydroxyl groups is 1. The van der Waals surface area contributed by atoms with Gasteiger partial charge in [-0.05, 0) is 20.8 Å². The molecule has 0 atom stereocenters. The van der Waals surface area contributed by atoms with Gasteiger partial charge in [-0.1, -0.05) is 0 Å². The molecule has 0 aromatic rings. The van der Waals surface area contributed by atoms with Crippen LogP contribution in [0, 0.1) is 22.3 Å². The molecule has 0 amide bonds. The number of hydrogen-bond donors (Lipinski definition) is 1. The molecule has 1 N–H and O–H groups in total. The third kappa shape index (κ3) is 598. The Labute approximate surface area is 79.6 Å². The minimum Gasteiger partial charge on any atom is -0.391 e. The van der Waals surface area contributed by atoms with Crippen LogP contribution in [-0.4, -0.2) is 10.7 Å². The van der Waals surface area contributed by atoms with Crippen molar-refractivity contribution in [3.63, 3.8) is 0 Å². The predicted octanol–water partition coefficient (Wildman–Crippen LogP) is 2.13. The van der Waals surface area contributed by atoms with Crippen molar-refractivity contribution in [2.45, 2.75) is 26.4 Å². The zero-order chi connectivity index (χ0) is 4.50. The maximum absolute atomic E-state index is 8.52. The van der Waals surface area contributed by atoms with Gasteiger partial charge < -0.3 is 27.4 Å². The number of hydrogen-bond acceptors (Lipinski definition) is 1. The Morgan fingerprint density at radius 3 is 0.889 bits per heavy atom. The summed E-state index contributed by atoms with van der Waals surface area (Å²) in [5.41, 5.74) is -0.500. The van der Waals surface area contributed by atoms with Crippen molar-refractivity contribution in [2.24, 2.45) is 0 Å². The summed E-state index contributed by atoms with van der Waals surface area (Å²) in [5, 5.41) is 8.52. The summed E-state index contributed by atoms with van der Waals surface area (Å²) < 4.78 is 0. The van der Waals surface area contributed by atoms with Gasteiger partial charge >= 0.3 is 0 Å². The second kappa shape index (κ2) is 11.6. The summed E-state index contributed by atoms with van der Waals surface area (Å²) in [6, 6.07) is 0. The first-order valence-corrected chi connectivity index (χ1v) is 1.72. The predicted molar refractivity (Wildman–Crippen MR) is 41.2 cm³/mol. The van der Waals surface area contributed by atoms with Crippen LogP contribution in [0.25, 0.3) is 0 Å². The van der Waals surface area contributed by atoms with Crippen molar-refractivity contribution >= 4 is 0 Å². The summed E-state index contributed by atoms with van der Waals surface area (Å²) >= 11 is 0. The molecule has 0 fully saturated rings. The Hall–Kier alpha value is 0.830. The van der Waals surface area contributed by atoms with E-state index in [4.69, 9.17) is 5.11 Å². The molecule has 2 heteroatoms. The van der Waals surface area contributed by atoms with E-state index in [1.165, 1.54) is 0 Å². The SMILES string of the molecule is CC(C)(C)O.[CH3-].[CH3-].[CH3-].[Hf]. The van der Waals surface area contributed by atoms with Gasteiger partial charge in [0.15, 0.2) is 0 Å². The first-order chi connectivity index (χ1) is 2.00. The minimum atomic E-state index is -0.500. The first-order valence-electron chi connectivity index (χ1n) is 1.72. The Balaban J connectivity index is -0.0000000133. The zero-order valence-electron chi connectivity index (χ0n) is 7.45. The van der Waals surface area contributed by atoms with Crippen LogP contribution >= 0.6 is 0 Å². The fourth-order valence-electron chi connectivity index (χ4n) is 0. The average Bonchev–Trinajstić information content (AvgIpc) is 0.722. The Morgan fingerprint density at radius 1 is 0.889 bits per heavy atom. The van der Waals surface area contributed by atoms with E-state index in [0.717, 1.165) is 0 Å². The monoisotopic (exact) mass is 299 g/mol. The van der Waals surface area contributed by atoms with Gasteiger partial charge in [0.1, 0.15) is 0 Å². The summed E-state index contributed by atoms with van der Waals surface area (Å²) in [6.07, 6.45) is 0. The van der Waals surface area contributed by atoms with Crippen molar-refractivity contribution < 1.29 is 30.9 Å². The summed E-state index contributed by atoms with van der Waals surface area (Å²) in [7, 11) is 0. The van der Waals surface area contributed by atoms with Gasteiger partial charge in [-0.3, -0.25) is 0 Å². The topological polar surface area (TPSA) is 20.2 Å². The van der Waals surface area contributed by atoms with Gasteiger partial charge in [-0.15, -0.1) is 0 Å².